The zero-order valence-corrected chi connectivity index (χ0v) is 17.9. The minimum absolute atomic E-state index is 0.172. The quantitative estimate of drug-likeness (QED) is 0.195. The number of rotatable bonds is 7. The Morgan fingerprint density at radius 1 is 1.17 bits per heavy atom. The fourth-order valence-corrected chi connectivity index (χ4v) is 4.13. The fourth-order valence-electron chi connectivity index (χ4n) is 2.62. The van der Waals surface area contributed by atoms with Crippen LogP contribution in [-0.2, 0) is 4.79 Å². The number of benzene rings is 1. The molecular formula is C20H18N6O2S2. The van der Waals surface area contributed by atoms with Gasteiger partial charge in [-0.25, -0.2) is 20.4 Å². The van der Waals surface area contributed by atoms with Crippen molar-refractivity contribution in [2.24, 2.45) is 5.10 Å². The van der Waals surface area contributed by atoms with Crippen molar-refractivity contribution in [1.29, 1.82) is 0 Å². The summed E-state index contributed by atoms with van der Waals surface area (Å²) in [6.07, 6.45) is 1.46. The van der Waals surface area contributed by atoms with Gasteiger partial charge in [-0.1, -0.05) is 23.9 Å². The summed E-state index contributed by atoms with van der Waals surface area (Å²) in [7, 11) is 0. The van der Waals surface area contributed by atoms with Crippen LogP contribution in [0, 0.1) is 13.8 Å². The van der Waals surface area contributed by atoms with Gasteiger partial charge in [0, 0.05) is 11.4 Å². The summed E-state index contributed by atoms with van der Waals surface area (Å²) in [5.74, 6) is 0.451. The molecule has 3 aromatic heterocycles. The zero-order valence-electron chi connectivity index (χ0n) is 16.2. The second-order valence-electron chi connectivity index (χ2n) is 6.33. The van der Waals surface area contributed by atoms with Crippen molar-refractivity contribution in [3.05, 3.63) is 59.6 Å². The highest BCUT2D eigenvalue weighted by atomic mass is 32.2. The van der Waals surface area contributed by atoms with Gasteiger partial charge in [0.05, 0.1) is 23.0 Å². The predicted molar refractivity (Wildman–Crippen MR) is 117 cm³/mol. The topological polar surface area (TPSA) is 109 Å². The van der Waals surface area contributed by atoms with Gasteiger partial charge in [-0.3, -0.25) is 4.79 Å². The summed E-state index contributed by atoms with van der Waals surface area (Å²) >= 11 is 2.65. The molecule has 0 aliphatic heterocycles. The molecule has 0 saturated heterocycles. The van der Waals surface area contributed by atoms with Crippen molar-refractivity contribution in [2.45, 2.75) is 29.3 Å². The standard InChI is InChI=1S/C20H18N6O2S2/c1-12-9-13(2)23-19(22-12)29-11-17(27)26-21-10-14-7-8-18(28-14)30-20-24-15-5-3-4-6-16(15)25-20/h3-10H,11H2,1-2H3,(H,24,25)(H,26,27)/b21-10-. The van der Waals surface area contributed by atoms with Crippen LogP contribution in [0.2, 0.25) is 0 Å². The smallest absolute Gasteiger partial charge is 0.250 e. The number of H-pyrrole nitrogens is 1. The first kappa shape index (κ1) is 20.2. The van der Waals surface area contributed by atoms with E-state index in [4.69, 9.17) is 4.42 Å². The molecule has 0 spiro atoms. The molecule has 0 atom stereocenters. The number of thioether (sulfide) groups is 1. The Labute approximate surface area is 181 Å². The maximum absolute atomic E-state index is 12.0. The Bertz CT molecular complexity index is 1160. The van der Waals surface area contributed by atoms with Gasteiger partial charge in [-0.05, 0) is 55.9 Å². The minimum atomic E-state index is -0.248. The van der Waals surface area contributed by atoms with Crippen molar-refractivity contribution in [3.63, 3.8) is 0 Å². The lowest BCUT2D eigenvalue weighted by atomic mass is 10.3. The van der Waals surface area contributed by atoms with Crippen LogP contribution >= 0.6 is 23.5 Å². The third kappa shape index (κ3) is 5.28. The molecule has 152 valence electrons. The number of nitrogens with zero attached hydrogens (tertiary/aromatic N) is 4. The second-order valence-corrected chi connectivity index (χ2v) is 8.27. The molecule has 3 heterocycles. The summed E-state index contributed by atoms with van der Waals surface area (Å²) in [6, 6.07) is 13.3. The van der Waals surface area contributed by atoms with E-state index in [1.807, 2.05) is 50.2 Å². The molecule has 1 amide bonds. The van der Waals surface area contributed by atoms with E-state index in [1.165, 1.54) is 29.7 Å². The van der Waals surface area contributed by atoms with Crippen LogP contribution in [0.15, 0.2) is 67.4 Å². The number of carbonyl (C=O) groups is 1. The van der Waals surface area contributed by atoms with Crippen molar-refractivity contribution in [2.75, 3.05) is 5.75 Å². The van der Waals surface area contributed by atoms with Gasteiger partial charge in [-0.2, -0.15) is 5.10 Å². The highest BCUT2D eigenvalue weighted by Gasteiger charge is 2.08. The van der Waals surface area contributed by atoms with Crippen molar-refractivity contribution in [3.8, 4) is 0 Å². The largest absolute Gasteiger partial charge is 0.448 e. The van der Waals surface area contributed by atoms with E-state index >= 15 is 0 Å². The molecule has 8 nitrogen and oxygen atoms in total. The van der Waals surface area contributed by atoms with E-state index in [0.29, 0.717) is 16.0 Å². The van der Waals surface area contributed by atoms with E-state index in [2.05, 4.69) is 30.5 Å². The van der Waals surface area contributed by atoms with Crippen LogP contribution in [-0.4, -0.2) is 37.8 Å². The molecule has 0 bridgehead atoms. The Balaban J connectivity index is 1.28. The van der Waals surface area contributed by atoms with Crippen LogP contribution in [0.25, 0.3) is 11.0 Å². The molecule has 0 aliphatic carbocycles. The van der Waals surface area contributed by atoms with Crippen LogP contribution in [0.4, 0.5) is 0 Å². The number of hydrogen-bond acceptors (Lipinski definition) is 8. The molecule has 0 fully saturated rings. The third-order valence-corrected chi connectivity index (χ3v) is 5.50. The summed E-state index contributed by atoms with van der Waals surface area (Å²) in [6.45, 7) is 3.79. The Morgan fingerprint density at radius 3 is 2.77 bits per heavy atom. The average molecular weight is 439 g/mol. The highest BCUT2D eigenvalue weighted by Crippen LogP contribution is 2.28. The summed E-state index contributed by atoms with van der Waals surface area (Å²) in [4.78, 5) is 28.3. The monoisotopic (exact) mass is 438 g/mol. The van der Waals surface area contributed by atoms with Gasteiger partial charge in [0.1, 0.15) is 5.76 Å². The van der Waals surface area contributed by atoms with Crippen molar-refractivity contribution in [1.82, 2.24) is 25.4 Å². The number of hydrogen-bond donors (Lipinski definition) is 2. The molecule has 0 aliphatic rings. The maximum atomic E-state index is 12.0. The first-order valence-corrected chi connectivity index (χ1v) is 10.8. The Kier molecular flexibility index (Phi) is 6.15. The maximum Gasteiger partial charge on any atom is 0.250 e. The van der Waals surface area contributed by atoms with Gasteiger partial charge in [0.15, 0.2) is 15.4 Å². The van der Waals surface area contributed by atoms with Crippen LogP contribution in [0.3, 0.4) is 0 Å². The molecule has 30 heavy (non-hydrogen) atoms. The van der Waals surface area contributed by atoms with Crippen LogP contribution < -0.4 is 5.43 Å². The van der Waals surface area contributed by atoms with Gasteiger partial charge >= 0.3 is 0 Å². The molecule has 10 heteroatoms. The Hall–Kier alpha value is -3.11. The SMILES string of the molecule is Cc1cc(C)nc(SCC(=O)N/N=C\c2ccc(Sc3nc4ccccc4[nH]3)o2)n1. The normalized spacial score (nSPS) is 11.4. The van der Waals surface area contributed by atoms with Crippen LogP contribution in [0.5, 0.6) is 0 Å². The number of aromatic amines is 1. The fraction of sp³-hybridized carbons (Fsp3) is 0.150. The molecule has 0 unspecified atom stereocenters. The van der Waals surface area contributed by atoms with Crippen LogP contribution in [0.1, 0.15) is 17.1 Å². The number of aromatic nitrogens is 4. The first-order chi connectivity index (χ1) is 14.5. The molecule has 2 N–H and O–H groups in total. The number of aryl methyl sites for hydroxylation is 2. The first-order valence-electron chi connectivity index (χ1n) is 9.04. The number of amides is 1. The number of nitrogens with one attached hydrogen (secondary N) is 2. The molecule has 1 aromatic carbocycles. The number of imidazole rings is 1. The van der Waals surface area contributed by atoms with E-state index in [-0.39, 0.29) is 11.7 Å². The lowest BCUT2D eigenvalue weighted by Crippen LogP contribution is -2.19. The number of fused-ring (bicyclic) bond motifs is 1. The van der Waals surface area contributed by atoms with E-state index in [0.717, 1.165) is 27.6 Å². The predicted octanol–water partition coefficient (Wildman–Crippen LogP) is 3.96. The molecule has 4 rings (SSSR count). The van der Waals surface area contributed by atoms with E-state index < -0.39 is 0 Å². The van der Waals surface area contributed by atoms with Gasteiger partial charge in [0.25, 0.3) is 5.91 Å². The lowest BCUT2D eigenvalue weighted by molar-refractivity contribution is -0.118. The molecule has 0 saturated carbocycles. The van der Waals surface area contributed by atoms with E-state index in [9.17, 15) is 4.79 Å². The van der Waals surface area contributed by atoms with Gasteiger partial charge < -0.3 is 9.40 Å². The molecule has 4 aromatic rings. The van der Waals surface area contributed by atoms with E-state index in [1.54, 1.807) is 6.07 Å². The number of para-hydroxylation sites is 2. The van der Waals surface area contributed by atoms with Crippen molar-refractivity contribution >= 4 is 46.7 Å². The van der Waals surface area contributed by atoms with Gasteiger partial charge in [-0.15, -0.1) is 0 Å². The highest BCUT2D eigenvalue weighted by molar-refractivity contribution is 7.99. The van der Waals surface area contributed by atoms with Gasteiger partial charge in [0.2, 0.25) is 0 Å². The summed E-state index contributed by atoms with van der Waals surface area (Å²) in [5.41, 5.74) is 6.10. The van der Waals surface area contributed by atoms with Crippen molar-refractivity contribution < 1.29 is 9.21 Å². The molecular weight excluding hydrogens is 420 g/mol. The zero-order chi connectivity index (χ0) is 20.9. The second kappa shape index (κ2) is 9.14. The minimum Gasteiger partial charge on any atom is -0.448 e. The lowest BCUT2D eigenvalue weighted by Gasteiger charge is -2.02. The summed E-state index contributed by atoms with van der Waals surface area (Å²) < 4.78 is 5.70. The number of furan rings is 1. The number of carbonyl (C=O) groups excluding carboxylic acids is 1. The average Bonchev–Trinajstić information content (AvgIpc) is 3.32. The molecule has 0 radical (unpaired) electrons. The number of hydrazone groups is 1. The summed E-state index contributed by atoms with van der Waals surface area (Å²) in [5, 5.41) is 5.93. The Morgan fingerprint density at radius 2 is 1.97 bits per heavy atom. The third-order valence-electron chi connectivity index (χ3n) is 3.84.